The van der Waals surface area contributed by atoms with Crippen LogP contribution in [-0.4, -0.2) is 26.5 Å². The highest BCUT2D eigenvalue weighted by molar-refractivity contribution is 7.86. The molecule has 2 rings (SSSR count). The van der Waals surface area contributed by atoms with Crippen molar-refractivity contribution in [1.29, 1.82) is 0 Å². The Morgan fingerprint density at radius 1 is 1.14 bits per heavy atom. The fourth-order valence-electron chi connectivity index (χ4n) is 1.66. The van der Waals surface area contributed by atoms with Gasteiger partial charge in [-0.05, 0) is 31.2 Å². The van der Waals surface area contributed by atoms with Gasteiger partial charge in [0.1, 0.15) is 6.61 Å². The fourth-order valence-corrected chi connectivity index (χ4v) is 2.54. The van der Waals surface area contributed by atoms with Crippen LogP contribution in [0.5, 0.6) is 0 Å². The molecule has 0 spiro atoms. The second kappa shape index (κ2) is 6.67. The van der Waals surface area contributed by atoms with Crippen molar-refractivity contribution in [2.75, 3.05) is 7.11 Å². The van der Waals surface area contributed by atoms with E-state index in [1.807, 2.05) is 6.92 Å². The molecule has 0 bridgehead atoms. The lowest BCUT2D eigenvalue weighted by Crippen LogP contribution is -2.08. The molecule has 0 saturated carbocycles. The summed E-state index contributed by atoms with van der Waals surface area (Å²) in [5, 5.41) is 0. The molecular weight excluding hydrogens is 306 g/mol. The number of aryl methyl sites for hydroxylation is 1. The van der Waals surface area contributed by atoms with Gasteiger partial charge in [-0.25, -0.2) is 4.79 Å². The molecule has 6 nitrogen and oxygen atoms in total. The van der Waals surface area contributed by atoms with Gasteiger partial charge in [-0.15, -0.1) is 0 Å². The van der Waals surface area contributed by atoms with Crippen molar-refractivity contribution in [3.05, 3.63) is 59.4 Å². The van der Waals surface area contributed by atoms with Crippen LogP contribution in [0.1, 0.15) is 21.6 Å². The number of esters is 1. The molecule has 0 aliphatic heterocycles. The van der Waals surface area contributed by atoms with Crippen molar-refractivity contribution >= 4 is 16.1 Å². The highest BCUT2D eigenvalue weighted by atomic mass is 32.2. The van der Waals surface area contributed by atoms with Crippen molar-refractivity contribution < 1.29 is 22.1 Å². The highest BCUT2D eigenvalue weighted by Crippen LogP contribution is 2.15. The molecule has 0 saturated heterocycles. The molecule has 0 aliphatic rings. The third kappa shape index (κ3) is 3.90. The standard InChI is InChI=1S/C15H15NO5S/c1-11-3-7-14(8-4-11)22(18,19)21-10-13-6-5-12(9-16-13)15(17)20-2/h3-9H,10H2,1-2H3. The first kappa shape index (κ1) is 16.1. The maximum absolute atomic E-state index is 12.0. The largest absolute Gasteiger partial charge is 0.465 e. The lowest BCUT2D eigenvalue weighted by Gasteiger charge is -2.06. The Morgan fingerprint density at radius 2 is 1.82 bits per heavy atom. The molecule has 0 radical (unpaired) electrons. The number of carbonyl (C=O) groups is 1. The van der Waals surface area contributed by atoms with E-state index in [9.17, 15) is 13.2 Å². The number of methoxy groups -OCH3 is 1. The van der Waals surface area contributed by atoms with E-state index < -0.39 is 16.1 Å². The number of ether oxygens (including phenoxy) is 1. The fraction of sp³-hybridized carbons (Fsp3) is 0.200. The first-order chi connectivity index (χ1) is 10.4. The molecule has 7 heteroatoms. The van der Waals surface area contributed by atoms with E-state index >= 15 is 0 Å². The van der Waals surface area contributed by atoms with Crippen molar-refractivity contribution in [3.63, 3.8) is 0 Å². The van der Waals surface area contributed by atoms with Gasteiger partial charge in [0, 0.05) is 6.20 Å². The number of aromatic nitrogens is 1. The normalized spacial score (nSPS) is 11.2. The minimum atomic E-state index is -3.84. The summed E-state index contributed by atoms with van der Waals surface area (Å²) in [6, 6.07) is 9.36. The maximum atomic E-state index is 12.0. The van der Waals surface area contributed by atoms with Crippen molar-refractivity contribution in [3.8, 4) is 0 Å². The summed E-state index contributed by atoms with van der Waals surface area (Å²) in [4.78, 5) is 15.3. The topological polar surface area (TPSA) is 82.6 Å². The van der Waals surface area contributed by atoms with Gasteiger partial charge in [-0.2, -0.15) is 8.42 Å². The van der Waals surface area contributed by atoms with Crippen LogP contribution in [0.15, 0.2) is 47.5 Å². The molecule has 0 N–H and O–H groups in total. The SMILES string of the molecule is COC(=O)c1ccc(COS(=O)(=O)c2ccc(C)cc2)nc1. The summed E-state index contributed by atoms with van der Waals surface area (Å²) in [5.74, 6) is -0.507. The zero-order chi connectivity index (χ0) is 16.2. The smallest absolute Gasteiger partial charge is 0.339 e. The Balaban J connectivity index is 2.05. The van der Waals surface area contributed by atoms with Crippen LogP contribution in [0.3, 0.4) is 0 Å². The Morgan fingerprint density at radius 3 is 2.36 bits per heavy atom. The molecule has 1 aromatic heterocycles. The van der Waals surface area contributed by atoms with Crippen molar-refractivity contribution in [2.24, 2.45) is 0 Å². The van der Waals surface area contributed by atoms with Crippen LogP contribution in [0, 0.1) is 6.92 Å². The van der Waals surface area contributed by atoms with Gasteiger partial charge in [-0.3, -0.25) is 9.17 Å². The third-order valence-electron chi connectivity index (χ3n) is 2.92. The van der Waals surface area contributed by atoms with Crippen LogP contribution in [0.25, 0.3) is 0 Å². The van der Waals surface area contributed by atoms with Gasteiger partial charge >= 0.3 is 5.97 Å². The van der Waals surface area contributed by atoms with Gasteiger partial charge < -0.3 is 4.74 Å². The van der Waals surface area contributed by atoms with Crippen LogP contribution >= 0.6 is 0 Å². The zero-order valence-corrected chi connectivity index (χ0v) is 13.0. The van der Waals surface area contributed by atoms with Crippen molar-refractivity contribution in [2.45, 2.75) is 18.4 Å². The molecule has 0 atom stereocenters. The zero-order valence-electron chi connectivity index (χ0n) is 12.1. The van der Waals surface area contributed by atoms with Crippen LogP contribution in [0.4, 0.5) is 0 Å². The Hall–Kier alpha value is -2.25. The van der Waals surface area contributed by atoms with E-state index in [-0.39, 0.29) is 17.1 Å². The second-order valence-corrected chi connectivity index (χ2v) is 6.17. The van der Waals surface area contributed by atoms with E-state index in [4.69, 9.17) is 4.18 Å². The maximum Gasteiger partial charge on any atom is 0.339 e. The second-order valence-electron chi connectivity index (χ2n) is 4.56. The summed E-state index contributed by atoms with van der Waals surface area (Å²) >= 11 is 0. The van der Waals surface area contributed by atoms with E-state index in [1.54, 1.807) is 12.1 Å². The Labute approximate surface area is 128 Å². The summed E-state index contributed by atoms with van der Waals surface area (Å²) in [7, 11) is -2.57. The van der Waals surface area contributed by atoms with Gasteiger partial charge in [0.2, 0.25) is 0 Å². The number of carbonyl (C=O) groups excluding carboxylic acids is 1. The molecular formula is C15H15NO5S. The summed E-state index contributed by atoms with van der Waals surface area (Å²) in [5.41, 5.74) is 1.63. The molecule has 0 unspecified atom stereocenters. The number of benzene rings is 1. The first-order valence-corrected chi connectivity index (χ1v) is 7.82. The number of hydrogen-bond donors (Lipinski definition) is 0. The molecule has 116 valence electrons. The lowest BCUT2D eigenvalue weighted by atomic mass is 10.2. The summed E-state index contributed by atoms with van der Waals surface area (Å²) < 4.78 is 33.5. The van der Waals surface area contributed by atoms with Crippen LogP contribution in [-0.2, 0) is 25.6 Å². The van der Waals surface area contributed by atoms with E-state index in [0.717, 1.165) is 5.56 Å². The van der Waals surface area contributed by atoms with Gasteiger partial charge in [-0.1, -0.05) is 17.7 Å². The molecule has 2 aromatic rings. The number of nitrogens with zero attached hydrogens (tertiary/aromatic N) is 1. The Bertz CT molecular complexity index is 752. The number of rotatable bonds is 5. The quantitative estimate of drug-likeness (QED) is 0.619. The monoisotopic (exact) mass is 321 g/mol. The van der Waals surface area contributed by atoms with E-state index in [2.05, 4.69) is 9.72 Å². The molecule has 1 aromatic carbocycles. The minimum absolute atomic E-state index is 0.0873. The van der Waals surface area contributed by atoms with Gasteiger partial charge in [0.25, 0.3) is 10.1 Å². The van der Waals surface area contributed by atoms with E-state index in [0.29, 0.717) is 5.69 Å². The Kier molecular flexibility index (Phi) is 4.89. The molecule has 1 heterocycles. The molecule has 0 fully saturated rings. The van der Waals surface area contributed by atoms with Gasteiger partial charge in [0.15, 0.2) is 0 Å². The lowest BCUT2D eigenvalue weighted by molar-refractivity contribution is 0.0600. The number of hydrogen-bond acceptors (Lipinski definition) is 6. The average Bonchev–Trinajstić information content (AvgIpc) is 2.53. The highest BCUT2D eigenvalue weighted by Gasteiger charge is 2.15. The number of pyridine rings is 1. The van der Waals surface area contributed by atoms with Crippen LogP contribution < -0.4 is 0 Å². The minimum Gasteiger partial charge on any atom is -0.465 e. The first-order valence-electron chi connectivity index (χ1n) is 6.42. The molecule has 22 heavy (non-hydrogen) atoms. The van der Waals surface area contributed by atoms with Crippen LogP contribution in [0.2, 0.25) is 0 Å². The summed E-state index contributed by atoms with van der Waals surface area (Å²) in [6.07, 6.45) is 1.31. The molecule has 0 aliphatic carbocycles. The molecule has 0 amide bonds. The van der Waals surface area contributed by atoms with Crippen molar-refractivity contribution in [1.82, 2.24) is 4.98 Å². The average molecular weight is 321 g/mol. The predicted molar refractivity (Wildman–Crippen MR) is 78.7 cm³/mol. The third-order valence-corrected chi connectivity index (χ3v) is 4.20. The van der Waals surface area contributed by atoms with E-state index in [1.165, 1.54) is 37.6 Å². The van der Waals surface area contributed by atoms with Gasteiger partial charge in [0.05, 0.1) is 23.3 Å². The summed E-state index contributed by atoms with van der Waals surface area (Å²) in [6.45, 7) is 1.65. The predicted octanol–water partition coefficient (Wildman–Crippen LogP) is 2.08.